The molecule has 5 nitrogen and oxygen atoms in total. The molecule has 5 rings (SSSR count). The van der Waals surface area contributed by atoms with Crippen molar-refractivity contribution < 1.29 is 0 Å². The molecule has 3 aromatic heterocycles. The summed E-state index contributed by atoms with van der Waals surface area (Å²) in [4.78, 5) is 25.6. The van der Waals surface area contributed by atoms with Gasteiger partial charge in [-0.2, -0.15) is 0 Å². The molecular weight excluding hydrogens is 419 g/mol. The fraction of sp³-hybridized carbons (Fsp3) is 0. The fourth-order valence-electron chi connectivity index (χ4n) is 3.34. The quantitative estimate of drug-likeness (QED) is 0.394. The number of rotatable bonds is 3. The van der Waals surface area contributed by atoms with Crippen molar-refractivity contribution in [3.8, 4) is 28.3 Å². The molecule has 1 N–H and O–H groups in total. The number of nitrogens with zero attached hydrogens (tertiary/aromatic N) is 3. The van der Waals surface area contributed by atoms with Crippen LogP contribution in [0.5, 0.6) is 0 Å². The molecular formula is C23H14Cl2N4O. The van der Waals surface area contributed by atoms with Crippen LogP contribution in [0.3, 0.4) is 0 Å². The van der Waals surface area contributed by atoms with Crippen LogP contribution in [0.25, 0.3) is 39.4 Å². The van der Waals surface area contributed by atoms with Crippen molar-refractivity contribution >= 4 is 34.2 Å². The van der Waals surface area contributed by atoms with Crippen LogP contribution < -0.4 is 5.56 Å². The van der Waals surface area contributed by atoms with Gasteiger partial charge < -0.3 is 4.98 Å². The molecule has 2 aromatic carbocycles. The van der Waals surface area contributed by atoms with E-state index in [2.05, 4.69) is 15.0 Å². The predicted molar refractivity (Wildman–Crippen MR) is 120 cm³/mol. The van der Waals surface area contributed by atoms with Gasteiger partial charge in [0, 0.05) is 23.6 Å². The number of aromatic amines is 1. The Morgan fingerprint density at radius 2 is 1.67 bits per heavy atom. The summed E-state index contributed by atoms with van der Waals surface area (Å²) in [5.74, 6) is 0.441. The van der Waals surface area contributed by atoms with E-state index in [-0.39, 0.29) is 5.56 Å². The van der Waals surface area contributed by atoms with Gasteiger partial charge in [-0.25, -0.2) is 4.98 Å². The number of para-hydroxylation sites is 1. The number of H-pyrrole nitrogens is 1. The van der Waals surface area contributed by atoms with E-state index in [1.165, 1.54) is 0 Å². The molecule has 0 radical (unpaired) electrons. The maximum atomic E-state index is 13.4. The highest BCUT2D eigenvalue weighted by molar-refractivity contribution is 6.42. The van der Waals surface area contributed by atoms with E-state index in [1.54, 1.807) is 35.2 Å². The third-order valence-corrected chi connectivity index (χ3v) is 5.51. The molecule has 0 aliphatic carbocycles. The first-order valence-electron chi connectivity index (χ1n) is 9.19. The number of aromatic nitrogens is 4. The third-order valence-electron chi connectivity index (χ3n) is 4.79. The summed E-state index contributed by atoms with van der Waals surface area (Å²) in [5, 5.41) is 0.828. The Balaban J connectivity index is 1.78. The molecule has 0 bridgehead atoms. The standard InChI is InChI=1S/C23H14Cl2N4O/c24-17-11-20-21(12-18(17)25)28-22(27-20)16-10-14(19-8-4-5-9-26-19)13-29(23(16)30)15-6-2-1-3-7-15/h1-13H,(H,27,28). The molecule has 0 aliphatic rings. The summed E-state index contributed by atoms with van der Waals surface area (Å²) in [7, 11) is 0. The van der Waals surface area contributed by atoms with Crippen molar-refractivity contribution in [2.45, 2.75) is 0 Å². The van der Waals surface area contributed by atoms with Gasteiger partial charge in [0.05, 0.1) is 32.3 Å². The number of pyridine rings is 2. The van der Waals surface area contributed by atoms with Gasteiger partial charge in [0.2, 0.25) is 0 Å². The van der Waals surface area contributed by atoms with E-state index in [1.807, 2.05) is 48.5 Å². The summed E-state index contributed by atoms with van der Waals surface area (Å²) in [6.45, 7) is 0. The monoisotopic (exact) mass is 432 g/mol. The van der Waals surface area contributed by atoms with Crippen molar-refractivity contribution in [1.29, 1.82) is 0 Å². The second-order valence-corrected chi connectivity index (χ2v) is 7.55. The second-order valence-electron chi connectivity index (χ2n) is 6.74. The molecule has 5 aromatic rings. The molecule has 0 saturated heterocycles. The number of fused-ring (bicyclic) bond motifs is 1. The molecule has 146 valence electrons. The zero-order chi connectivity index (χ0) is 20.7. The number of hydrogen-bond donors (Lipinski definition) is 1. The summed E-state index contributed by atoms with van der Waals surface area (Å²) >= 11 is 12.3. The Labute approximate surface area is 181 Å². The Hall–Kier alpha value is -3.41. The molecule has 7 heteroatoms. The first-order chi connectivity index (χ1) is 14.6. The highest BCUT2D eigenvalue weighted by atomic mass is 35.5. The number of nitrogens with one attached hydrogen (secondary N) is 1. The van der Waals surface area contributed by atoms with Crippen LogP contribution in [0.1, 0.15) is 0 Å². The molecule has 0 aliphatic heterocycles. The van der Waals surface area contributed by atoms with E-state index in [9.17, 15) is 4.79 Å². The van der Waals surface area contributed by atoms with Crippen molar-refractivity contribution in [3.63, 3.8) is 0 Å². The summed E-state index contributed by atoms with van der Waals surface area (Å²) in [6.07, 6.45) is 3.51. The van der Waals surface area contributed by atoms with Crippen LogP contribution in [0.2, 0.25) is 10.0 Å². The molecule has 0 fully saturated rings. The maximum Gasteiger partial charge on any atom is 0.266 e. The average molecular weight is 433 g/mol. The van der Waals surface area contributed by atoms with E-state index < -0.39 is 0 Å². The van der Waals surface area contributed by atoms with Crippen LogP contribution >= 0.6 is 23.2 Å². The van der Waals surface area contributed by atoms with Crippen LogP contribution in [0.4, 0.5) is 0 Å². The number of benzene rings is 2. The normalized spacial score (nSPS) is 11.1. The van der Waals surface area contributed by atoms with Crippen LogP contribution in [-0.4, -0.2) is 19.5 Å². The number of hydrogen-bond acceptors (Lipinski definition) is 3. The van der Waals surface area contributed by atoms with Gasteiger partial charge >= 0.3 is 0 Å². The summed E-state index contributed by atoms with van der Waals surface area (Å²) < 4.78 is 1.60. The molecule has 0 spiro atoms. The van der Waals surface area contributed by atoms with Gasteiger partial charge in [0.15, 0.2) is 0 Å². The van der Waals surface area contributed by atoms with Crippen LogP contribution in [0, 0.1) is 0 Å². The summed E-state index contributed by atoms with van der Waals surface area (Å²) in [6, 6.07) is 20.3. The first kappa shape index (κ1) is 18.6. The first-order valence-corrected chi connectivity index (χ1v) is 9.94. The van der Waals surface area contributed by atoms with Gasteiger partial charge in [-0.1, -0.05) is 47.5 Å². The van der Waals surface area contributed by atoms with Crippen molar-refractivity contribution in [2.75, 3.05) is 0 Å². The van der Waals surface area contributed by atoms with Gasteiger partial charge in [0.1, 0.15) is 5.82 Å². The van der Waals surface area contributed by atoms with Crippen LogP contribution in [0.15, 0.2) is 83.9 Å². The minimum Gasteiger partial charge on any atom is -0.338 e. The minimum absolute atomic E-state index is 0.197. The lowest BCUT2D eigenvalue weighted by Gasteiger charge is -2.11. The Morgan fingerprint density at radius 3 is 2.43 bits per heavy atom. The van der Waals surface area contributed by atoms with Gasteiger partial charge in [-0.3, -0.25) is 14.3 Å². The Morgan fingerprint density at radius 1 is 0.900 bits per heavy atom. The van der Waals surface area contributed by atoms with Crippen LogP contribution in [-0.2, 0) is 0 Å². The fourth-order valence-corrected chi connectivity index (χ4v) is 3.66. The Bertz CT molecular complexity index is 1390. The largest absolute Gasteiger partial charge is 0.338 e. The SMILES string of the molecule is O=c1c(-c2nc3cc(Cl)c(Cl)cc3[nH]2)cc(-c2ccccn2)cn1-c1ccccc1. The lowest BCUT2D eigenvalue weighted by Crippen LogP contribution is -2.20. The van der Waals surface area contributed by atoms with E-state index >= 15 is 0 Å². The lowest BCUT2D eigenvalue weighted by atomic mass is 10.1. The minimum atomic E-state index is -0.197. The average Bonchev–Trinajstić information content (AvgIpc) is 3.18. The van der Waals surface area contributed by atoms with E-state index in [0.717, 1.165) is 16.9 Å². The Kier molecular flexibility index (Phi) is 4.62. The highest BCUT2D eigenvalue weighted by Crippen LogP contribution is 2.29. The maximum absolute atomic E-state index is 13.4. The molecule has 3 heterocycles. The number of imidazole rings is 1. The molecule has 0 unspecified atom stereocenters. The zero-order valence-corrected chi connectivity index (χ0v) is 17.0. The molecule has 0 saturated carbocycles. The smallest absolute Gasteiger partial charge is 0.266 e. The highest BCUT2D eigenvalue weighted by Gasteiger charge is 2.16. The van der Waals surface area contributed by atoms with Gasteiger partial charge in [0.25, 0.3) is 5.56 Å². The third kappa shape index (κ3) is 3.28. The number of halogens is 2. The van der Waals surface area contributed by atoms with Gasteiger partial charge in [-0.15, -0.1) is 0 Å². The zero-order valence-electron chi connectivity index (χ0n) is 15.5. The molecule has 0 amide bonds. The predicted octanol–water partition coefficient (Wildman–Crippen LogP) is 5.75. The van der Waals surface area contributed by atoms with Gasteiger partial charge in [-0.05, 0) is 42.5 Å². The van der Waals surface area contributed by atoms with Crippen molar-refractivity contribution in [1.82, 2.24) is 19.5 Å². The van der Waals surface area contributed by atoms with E-state index in [0.29, 0.717) is 32.5 Å². The second kappa shape index (κ2) is 7.44. The van der Waals surface area contributed by atoms with E-state index in [4.69, 9.17) is 23.2 Å². The lowest BCUT2D eigenvalue weighted by molar-refractivity contribution is 0.989. The molecule has 30 heavy (non-hydrogen) atoms. The van der Waals surface area contributed by atoms with Crippen molar-refractivity contribution in [3.05, 3.63) is 99.5 Å². The summed E-state index contributed by atoms with van der Waals surface area (Å²) in [5.41, 5.74) is 3.86. The van der Waals surface area contributed by atoms with Crippen molar-refractivity contribution in [2.24, 2.45) is 0 Å². The topological polar surface area (TPSA) is 63.6 Å². The molecule has 0 atom stereocenters.